The number of hydrogen-bond donors (Lipinski definition) is 0. The van der Waals surface area contributed by atoms with Crippen molar-refractivity contribution in [3.05, 3.63) is 0 Å². The fourth-order valence-electron chi connectivity index (χ4n) is 1.41. The van der Waals surface area contributed by atoms with Crippen molar-refractivity contribution in [3.63, 3.8) is 0 Å². The molecule has 0 aliphatic heterocycles. The monoisotopic (exact) mass is 305 g/mol. The van der Waals surface area contributed by atoms with Crippen molar-refractivity contribution in [3.8, 4) is 0 Å². The molecule has 9 heavy (non-hydrogen) atoms. The van der Waals surface area contributed by atoms with Gasteiger partial charge in [-0.15, -0.1) is 0 Å². The minimum absolute atomic E-state index is 0. The minimum Gasteiger partial charge on any atom is -0.0533 e. The van der Waals surface area contributed by atoms with Crippen LogP contribution in [0.25, 0.3) is 0 Å². The summed E-state index contributed by atoms with van der Waals surface area (Å²) in [7, 11) is 0. The molecule has 1 aliphatic carbocycles. The van der Waals surface area contributed by atoms with Crippen LogP contribution in [-0.4, -0.2) is 0 Å². The van der Waals surface area contributed by atoms with E-state index >= 15 is 0 Å². The van der Waals surface area contributed by atoms with E-state index in [1.807, 2.05) is 0 Å². The molecule has 1 radical (unpaired) electrons. The molecule has 0 aromatic heterocycles. The second kappa shape index (κ2) is 6.76. The standard InChI is InChI=1S/C8H16.Ir/c1-2-4-6-8-7-5-3-1;/h1-8H2;. The molecule has 57 valence electrons. The molecule has 0 aromatic carbocycles. The predicted molar refractivity (Wildman–Crippen MR) is 36.9 cm³/mol. The fraction of sp³-hybridized carbons (Fsp3) is 1.00. The molecule has 1 saturated carbocycles. The van der Waals surface area contributed by atoms with E-state index in [2.05, 4.69) is 0 Å². The summed E-state index contributed by atoms with van der Waals surface area (Å²) in [5, 5.41) is 0. The van der Waals surface area contributed by atoms with Crippen LogP contribution in [-0.2, 0) is 20.1 Å². The molecule has 0 bridgehead atoms. The zero-order valence-electron chi connectivity index (χ0n) is 5.99. The van der Waals surface area contributed by atoms with Crippen LogP contribution in [0.1, 0.15) is 51.4 Å². The van der Waals surface area contributed by atoms with Crippen molar-refractivity contribution in [1.82, 2.24) is 0 Å². The third-order valence-electron chi connectivity index (χ3n) is 2.00. The average molecular weight is 304 g/mol. The van der Waals surface area contributed by atoms with Gasteiger partial charge in [0, 0.05) is 20.1 Å². The van der Waals surface area contributed by atoms with E-state index < -0.39 is 0 Å². The molecule has 0 atom stereocenters. The van der Waals surface area contributed by atoms with Crippen LogP contribution in [0.15, 0.2) is 0 Å². The van der Waals surface area contributed by atoms with Crippen molar-refractivity contribution < 1.29 is 20.1 Å². The van der Waals surface area contributed by atoms with Gasteiger partial charge in [-0.3, -0.25) is 0 Å². The van der Waals surface area contributed by atoms with E-state index in [0.29, 0.717) is 0 Å². The molecule has 0 heterocycles. The quantitative estimate of drug-likeness (QED) is 0.645. The zero-order valence-corrected chi connectivity index (χ0v) is 8.39. The molecular weight excluding hydrogens is 288 g/mol. The summed E-state index contributed by atoms with van der Waals surface area (Å²) in [5.74, 6) is 0. The number of hydrogen-bond acceptors (Lipinski definition) is 0. The Morgan fingerprint density at radius 3 is 0.556 bits per heavy atom. The first-order valence-electron chi connectivity index (χ1n) is 4.00. The topological polar surface area (TPSA) is 0 Å². The van der Waals surface area contributed by atoms with Crippen molar-refractivity contribution >= 4 is 0 Å². The largest absolute Gasteiger partial charge is 0.0533 e. The Hall–Kier alpha value is 0.649. The Bertz CT molecular complexity index is 28.5. The van der Waals surface area contributed by atoms with Crippen molar-refractivity contribution in [2.24, 2.45) is 0 Å². The molecule has 1 rings (SSSR count). The van der Waals surface area contributed by atoms with Gasteiger partial charge in [0.1, 0.15) is 0 Å². The van der Waals surface area contributed by atoms with Crippen LogP contribution in [0, 0.1) is 0 Å². The zero-order chi connectivity index (χ0) is 5.66. The van der Waals surface area contributed by atoms with E-state index in [4.69, 9.17) is 0 Å². The van der Waals surface area contributed by atoms with Crippen LogP contribution >= 0.6 is 0 Å². The molecule has 1 fully saturated rings. The fourth-order valence-corrected chi connectivity index (χ4v) is 1.41. The number of rotatable bonds is 0. The summed E-state index contributed by atoms with van der Waals surface area (Å²) in [5.41, 5.74) is 0. The third-order valence-corrected chi connectivity index (χ3v) is 2.00. The van der Waals surface area contributed by atoms with Gasteiger partial charge in [0.05, 0.1) is 0 Å². The van der Waals surface area contributed by atoms with E-state index in [1.165, 1.54) is 51.4 Å². The van der Waals surface area contributed by atoms with Crippen LogP contribution in [0.5, 0.6) is 0 Å². The average Bonchev–Trinajstić information content (AvgIpc) is 1.62. The summed E-state index contributed by atoms with van der Waals surface area (Å²) >= 11 is 0. The van der Waals surface area contributed by atoms with Gasteiger partial charge in [0.25, 0.3) is 0 Å². The van der Waals surface area contributed by atoms with Crippen LogP contribution in [0.4, 0.5) is 0 Å². The van der Waals surface area contributed by atoms with E-state index in [-0.39, 0.29) is 20.1 Å². The first kappa shape index (κ1) is 9.65. The molecule has 0 spiro atoms. The first-order valence-corrected chi connectivity index (χ1v) is 4.00. The normalized spacial score (nSPS) is 21.3. The second-order valence-electron chi connectivity index (χ2n) is 2.83. The van der Waals surface area contributed by atoms with Gasteiger partial charge in [0.15, 0.2) is 0 Å². The molecule has 0 amide bonds. The maximum Gasteiger partial charge on any atom is 0 e. The molecule has 0 unspecified atom stereocenters. The van der Waals surface area contributed by atoms with Crippen LogP contribution in [0.2, 0.25) is 0 Å². The SMILES string of the molecule is C1CCCCCCC1.[Ir]. The molecular formula is C8H16Ir. The van der Waals surface area contributed by atoms with Gasteiger partial charge < -0.3 is 0 Å². The summed E-state index contributed by atoms with van der Waals surface area (Å²) < 4.78 is 0. The van der Waals surface area contributed by atoms with Gasteiger partial charge in [-0.2, -0.15) is 0 Å². The van der Waals surface area contributed by atoms with Crippen molar-refractivity contribution in [2.75, 3.05) is 0 Å². The molecule has 0 N–H and O–H groups in total. The Morgan fingerprint density at radius 1 is 0.333 bits per heavy atom. The summed E-state index contributed by atoms with van der Waals surface area (Å²) in [4.78, 5) is 0. The molecule has 1 aliphatic rings. The first-order chi connectivity index (χ1) is 4.00. The summed E-state index contributed by atoms with van der Waals surface area (Å²) in [6.45, 7) is 0. The van der Waals surface area contributed by atoms with E-state index in [9.17, 15) is 0 Å². The van der Waals surface area contributed by atoms with Crippen LogP contribution in [0.3, 0.4) is 0 Å². The Labute approximate surface area is 71.8 Å². The molecule has 0 saturated heterocycles. The maximum absolute atomic E-state index is 1.50. The van der Waals surface area contributed by atoms with Crippen molar-refractivity contribution in [1.29, 1.82) is 0 Å². The van der Waals surface area contributed by atoms with Gasteiger partial charge >= 0.3 is 0 Å². The maximum atomic E-state index is 1.50. The van der Waals surface area contributed by atoms with Gasteiger partial charge in [-0.05, 0) is 0 Å². The predicted octanol–water partition coefficient (Wildman–Crippen LogP) is 3.12. The Kier molecular flexibility index (Phi) is 7.25. The molecule has 1 heteroatoms. The second-order valence-corrected chi connectivity index (χ2v) is 2.83. The Balaban J connectivity index is 0.000000640. The van der Waals surface area contributed by atoms with Crippen LogP contribution < -0.4 is 0 Å². The summed E-state index contributed by atoms with van der Waals surface area (Å²) in [6.07, 6.45) is 12.0. The smallest absolute Gasteiger partial charge is 0 e. The van der Waals surface area contributed by atoms with E-state index in [1.54, 1.807) is 0 Å². The third kappa shape index (κ3) is 5.11. The van der Waals surface area contributed by atoms with Crippen molar-refractivity contribution in [2.45, 2.75) is 51.4 Å². The van der Waals surface area contributed by atoms with Gasteiger partial charge in [-0.25, -0.2) is 0 Å². The molecule has 0 aromatic rings. The minimum atomic E-state index is 0. The van der Waals surface area contributed by atoms with Gasteiger partial charge in [-0.1, -0.05) is 51.4 Å². The Morgan fingerprint density at radius 2 is 0.444 bits per heavy atom. The summed E-state index contributed by atoms with van der Waals surface area (Å²) in [6, 6.07) is 0. The van der Waals surface area contributed by atoms with Gasteiger partial charge in [0.2, 0.25) is 0 Å². The van der Waals surface area contributed by atoms with E-state index in [0.717, 1.165) is 0 Å². The molecule has 0 nitrogen and oxygen atoms in total.